The summed E-state index contributed by atoms with van der Waals surface area (Å²) in [5, 5.41) is 5.72. The minimum Gasteiger partial charge on any atom is -0.487 e. The van der Waals surface area contributed by atoms with E-state index in [1.54, 1.807) is 54.6 Å². The van der Waals surface area contributed by atoms with Crippen molar-refractivity contribution in [1.82, 2.24) is 9.66 Å². The second-order valence-electron chi connectivity index (χ2n) is 8.74. The van der Waals surface area contributed by atoms with Gasteiger partial charge in [-0.2, -0.15) is 22.9 Å². The average Bonchev–Trinajstić information content (AvgIpc) is 2.93. The fourth-order valence-electron chi connectivity index (χ4n) is 3.99. The van der Waals surface area contributed by atoms with Crippen LogP contribution < -0.4 is 10.3 Å². The highest BCUT2D eigenvalue weighted by Crippen LogP contribution is 2.34. The van der Waals surface area contributed by atoms with E-state index in [0.29, 0.717) is 36.4 Å². The molecule has 12 heteroatoms. The molecule has 0 unspecified atom stereocenters. The molecular weight excluding hydrogens is 666 g/mol. The van der Waals surface area contributed by atoms with Crippen molar-refractivity contribution in [3.63, 3.8) is 0 Å². The number of para-hydroxylation sites is 1. The molecule has 0 aliphatic heterocycles. The Morgan fingerprint density at radius 1 is 0.951 bits per heavy atom. The molecule has 0 radical (unpaired) electrons. The number of alkyl halides is 3. The zero-order valence-electron chi connectivity index (χ0n) is 20.6. The van der Waals surface area contributed by atoms with Crippen molar-refractivity contribution in [1.29, 1.82) is 0 Å². The zero-order chi connectivity index (χ0) is 29.3. The van der Waals surface area contributed by atoms with Gasteiger partial charge in [0.15, 0.2) is 5.82 Å². The Labute approximate surface area is 254 Å². The summed E-state index contributed by atoms with van der Waals surface area (Å²) in [4.78, 5) is 18.0. The first kappa shape index (κ1) is 29.1. The minimum atomic E-state index is -4.59. The Morgan fingerprint density at radius 3 is 2.49 bits per heavy atom. The van der Waals surface area contributed by atoms with Gasteiger partial charge in [-0.05, 0) is 70.0 Å². The van der Waals surface area contributed by atoms with E-state index >= 15 is 0 Å². The number of benzene rings is 4. The number of rotatable bonds is 6. The quantitative estimate of drug-likeness (QED) is 0.168. The van der Waals surface area contributed by atoms with Gasteiger partial charge in [0.25, 0.3) is 5.56 Å². The molecule has 0 amide bonds. The fraction of sp³-hybridized carbons (Fsp3) is 0.0690. The molecule has 0 aliphatic carbocycles. The van der Waals surface area contributed by atoms with Gasteiger partial charge in [-0.15, -0.1) is 0 Å². The van der Waals surface area contributed by atoms with Crippen LogP contribution in [-0.4, -0.2) is 15.9 Å². The van der Waals surface area contributed by atoms with Crippen molar-refractivity contribution >= 4 is 67.9 Å². The van der Waals surface area contributed by atoms with Gasteiger partial charge in [0, 0.05) is 16.1 Å². The van der Waals surface area contributed by atoms with Crippen LogP contribution in [-0.2, 0) is 12.8 Å². The number of halogens is 7. The van der Waals surface area contributed by atoms with Gasteiger partial charge < -0.3 is 4.74 Å². The van der Waals surface area contributed by atoms with E-state index in [9.17, 15) is 18.0 Å². The van der Waals surface area contributed by atoms with E-state index in [-0.39, 0.29) is 23.4 Å². The smallest absolute Gasteiger partial charge is 0.416 e. The molecule has 5 aromatic rings. The van der Waals surface area contributed by atoms with Gasteiger partial charge in [-0.3, -0.25) is 4.79 Å². The molecule has 0 saturated heterocycles. The molecule has 0 aliphatic rings. The van der Waals surface area contributed by atoms with Crippen LogP contribution in [0.3, 0.4) is 0 Å². The Balaban J connectivity index is 1.61. The molecule has 0 N–H and O–H groups in total. The van der Waals surface area contributed by atoms with Crippen molar-refractivity contribution in [3.8, 4) is 17.1 Å². The van der Waals surface area contributed by atoms with Gasteiger partial charge in [-0.25, -0.2) is 4.98 Å². The van der Waals surface area contributed by atoms with Gasteiger partial charge in [-0.1, -0.05) is 65.1 Å². The Kier molecular flexibility index (Phi) is 8.42. The number of aromatic nitrogens is 2. The maximum atomic E-state index is 13.5. The summed E-state index contributed by atoms with van der Waals surface area (Å²) in [5.41, 5.74) is 0.0458. The molecule has 0 bridgehead atoms. The van der Waals surface area contributed by atoms with Gasteiger partial charge in [0.2, 0.25) is 0 Å². The second kappa shape index (κ2) is 11.9. The van der Waals surface area contributed by atoms with Crippen LogP contribution in [0.5, 0.6) is 5.75 Å². The first-order valence-electron chi connectivity index (χ1n) is 11.8. The molecule has 0 spiro atoms. The predicted octanol–water partition coefficient (Wildman–Crippen LogP) is 9.27. The highest BCUT2D eigenvalue weighted by atomic mass is 79.9. The van der Waals surface area contributed by atoms with Crippen LogP contribution in [0, 0.1) is 0 Å². The fourth-order valence-corrected chi connectivity index (χ4v) is 5.25. The standard InChI is InChI=1S/C29H16BrCl3F3N3O2/c30-22-13-20(31)12-18(26(22)41-15-16-8-9-23(32)24(33)10-16)14-37-39-27(17-4-3-5-19(11-17)29(34,35)36)38-25-7-2-1-6-21(25)28(39)40/h1-14H,15H2. The summed E-state index contributed by atoms with van der Waals surface area (Å²) >= 11 is 21.8. The van der Waals surface area contributed by atoms with Gasteiger partial charge in [0.05, 0.1) is 37.2 Å². The van der Waals surface area contributed by atoms with Crippen molar-refractivity contribution < 1.29 is 17.9 Å². The summed E-state index contributed by atoms with van der Waals surface area (Å²) in [6.45, 7) is 0.116. The van der Waals surface area contributed by atoms with Crippen LogP contribution >= 0.6 is 50.7 Å². The topological polar surface area (TPSA) is 56.5 Å². The summed E-state index contributed by atoms with van der Waals surface area (Å²) in [7, 11) is 0. The van der Waals surface area contributed by atoms with Crippen molar-refractivity contribution in [2.24, 2.45) is 5.10 Å². The Hall–Kier alpha value is -3.37. The van der Waals surface area contributed by atoms with Crippen LogP contribution in [0.2, 0.25) is 15.1 Å². The van der Waals surface area contributed by atoms with E-state index < -0.39 is 17.3 Å². The summed E-state index contributed by atoms with van der Waals surface area (Å²) in [5.74, 6) is 0.280. The van der Waals surface area contributed by atoms with Gasteiger partial charge >= 0.3 is 6.18 Å². The van der Waals surface area contributed by atoms with Crippen molar-refractivity contribution in [2.75, 3.05) is 0 Å². The third-order valence-corrected chi connectivity index (χ3v) is 7.46. The summed E-state index contributed by atoms with van der Waals surface area (Å²) in [6, 6.07) is 19.3. The third kappa shape index (κ3) is 6.43. The number of hydrogen-bond acceptors (Lipinski definition) is 4. The monoisotopic (exact) mass is 679 g/mol. The molecule has 4 aromatic carbocycles. The lowest BCUT2D eigenvalue weighted by Gasteiger charge is -2.14. The molecule has 0 fully saturated rings. The Bertz CT molecular complexity index is 1880. The first-order chi connectivity index (χ1) is 19.5. The normalized spacial score (nSPS) is 11.9. The second-order valence-corrected chi connectivity index (χ2v) is 10.8. The Morgan fingerprint density at radius 2 is 1.73 bits per heavy atom. The maximum Gasteiger partial charge on any atom is 0.416 e. The highest BCUT2D eigenvalue weighted by molar-refractivity contribution is 9.10. The van der Waals surface area contributed by atoms with Crippen LogP contribution in [0.1, 0.15) is 16.7 Å². The largest absolute Gasteiger partial charge is 0.487 e. The number of hydrogen-bond donors (Lipinski definition) is 0. The average molecular weight is 682 g/mol. The lowest BCUT2D eigenvalue weighted by molar-refractivity contribution is -0.137. The number of nitrogens with zero attached hydrogens (tertiary/aromatic N) is 3. The van der Waals surface area contributed by atoms with E-state index in [4.69, 9.17) is 39.5 Å². The first-order valence-corrected chi connectivity index (χ1v) is 13.7. The molecule has 1 heterocycles. The molecule has 5 rings (SSSR count). The molecule has 0 saturated carbocycles. The SMILES string of the molecule is O=c1c2ccccc2nc(-c2cccc(C(F)(F)F)c2)n1N=Cc1cc(Cl)cc(Br)c1OCc1ccc(Cl)c(Cl)c1. The van der Waals surface area contributed by atoms with E-state index in [0.717, 1.165) is 22.4 Å². The van der Waals surface area contributed by atoms with Crippen molar-refractivity contribution in [3.05, 3.63) is 125 Å². The van der Waals surface area contributed by atoms with E-state index in [2.05, 4.69) is 26.0 Å². The lowest BCUT2D eigenvalue weighted by Crippen LogP contribution is -2.20. The van der Waals surface area contributed by atoms with Crippen LogP contribution in [0.15, 0.2) is 93.2 Å². The number of fused-ring (bicyclic) bond motifs is 1. The van der Waals surface area contributed by atoms with Crippen molar-refractivity contribution in [2.45, 2.75) is 12.8 Å². The minimum absolute atomic E-state index is 0.0585. The molecule has 0 atom stereocenters. The molecule has 41 heavy (non-hydrogen) atoms. The van der Waals surface area contributed by atoms with Crippen LogP contribution in [0.25, 0.3) is 22.3 Å². The zero-order valence-corrected chi connectivity index (χ0v) is 24.4. The summed E-state index contributed by atoms with van der Waals surface area (Å²) < 4.78 is 47.9. The maximum absolute atomic E-state index is 13.5. The molecule has 5 nitrogen and oxygen atoms in total. The molecular formula is C29H16BrCl3F3N3O2. The van der Waals surface area contributed by atoms with Crippen LogP contribution in [0.4, 0.5) is 13.2 Å². The highest BCUT2D eigenvalue weighted by Gasteiger charge is 2.31. The summed E-state index contributed by atoms with van der Waals surface area (Å²) in [6.07, 6.45) is -3.26. The third-order valence-electron chi connectivity index (χ3n) is 5.92. The molecule has 208 valence electrons. The van der Waals surface area contributed by atoms with Gasteiger partial charge in [0.1, 0.15) is 12.4 Å². The number of ether oxygens (including phenoxy) is 1. The van der Waals surface area contributed by atoms with E-state index in [1.807, 2.05) is 0 Å². The lowest BCUT2D eigenvalue weighted by atomic mass is 10.1. The predicted molar refractivity (Wildman–Crippen MR) is 159 cm³/mol. The van der Waals surface area contributed by atoms with E-state index in [1.165, 1.54) is 18.3 Å². The molecule has 1 aromatic heterocycles.